The van der Waals surface area contributed by atoms with Crippen LogP contribution in [0.15, 0.2) is 0 Å². The molecule has 3 heterocycles. The van der Waals surface area contributed by atoms with Gasteiger partial charge in [-0.2, -0.15) is 0 Å². The lowest BCUT2D eigenvalue weighted by Crippen LogP contribution is -2.56. The first-order chi connectivity index (χ1) is 8.15. The van der Waals surface area contributed by atoms with Crippen LogP contribution in [0.2, 0.25) is 0 Å². The smallest absolute Gasteiger partial charge is 0.0242 e. The predicted molar refractivity (Wildman–Crippen MR) is 71.3 cm³/mol. The van der Waals surface area contributed by atoms with E-state index in [4.69, 9.17) is 0 Å². The first-order valence-electron chi connectivity index (χ1n) is 7.35. The molecule has 3 fully saturated rings. The second-order valence-corrected chi connectivity index (χ2v) is 6.58. The molecule has 3 aliphatic rings. The summed E-state index contributed by atoms with van der Waals surface area (Å²) in [5.74, 6) is 0. The van der Waals surface area contributed by atoms with E-state index in [0.717, 1.165) is 24.2 Å². The number of hydrogen-bond donors (Lipinski definition) is 0. The zero-order valence-electron chi connectivity index (χ0n) is 11.6. The Kier molecular flexibility index (Phi) is 3.18. The molecule has 0 radical (unpaired) electrons. The van der Waals surface area contributed by atoms with E-state index in [-0.39, 0.29) is 0 Å². The van der Waals surface area contributed by atoms with Gasteiger partial charge in [-0.25, -0.2) is 0 Å². The van der Waals surface area contributed by atoms with Gasteiger partial charge in [0.05, 0.1) is 0 Å². The molecule has 0 aromatic heterocycles. The molecule has 0 amide bonds. The summed E-state index contributed by atoms with van der Waals surface area (Å²) in [6.45, 7) is 9.90. The van der Waals surface area contributed by atoms with Gasteiger partial charge in [0.25, 0.3) is 0 Å². The highest BCUT2D eigenvalue weighted by molar-refractivity contribution is 5.00. The van der Waals surface area contributed by atoms with Crippen molar-refractivity contribution in [2.24, 2.45) is 0 Å². The van der Waals surface area contributed by atoms with Gasteiger partial charge in [0.1, 0.15) is 0 Å². The van der Waals surface area contributed by atoms with Gasteiger partial charge in [0, 0.05) is 50.3 Å². The average Bonchev–Trinajstić information content (AvgIpc) is 2.82. The number of piperazine rings is 1. The van der Waals surface area contributed by atoms with E-state index in [2.05, 4.69) is 35.6 Å². The Morgan fingerprint density at radius 3 is 2.00 bits per heavy atom. The molecule has 0 aromatic rings. The first-order valence-corrected chi connectivity index (χ1v) is 7.35. The maximum absolute atomic E-state index is 2.89. The maximum atomic E-state index is 2.89. The normalized spacial score (nSPS) is 40.6. The fourth-order valence-corrected chi connectivity index (χ4v) is 4.22. The molecular formula is C14H27N3. The number of nitrogens with zero attached hydrogens (tertiary/aromatic N) is 3. The third kappa shape index (κ3) is 2.13. The van der Waals surface area contributed by atoms with Gasteiger partial charge >= 0.3 is 0 Å². The topological polar surface area (TPSA) is 9.72 Å². The molecule has 3 rings (SSSR count). The van der Waals surface area contributed by atoms with Crippen molar-refractivity contribution < 1.29 is 0 Å². The fraction of sp³-hybridized carbons (Fsp3) is 1.00. The van der Waals surface area contributed by atoms with Crippen LogP contribution in [0.3, 0.4) is 0 Å². The summed E-state index contributed by atoms with van der Waals surface area (Å²) in [7, 11) is 2.29. The molecule has 2 bridgehead atoms. The van der Waals surface area contributed by atoms with Crippen molar-refractivity contribution in [1.29, 1.82) is 0 Å². The highest BCUT2D eigenvalue weighted by Gasteiger charge is 2.44. The summed E-state index contributed by atoms with van der Waals surface area (Å²) >= 11 is 0. The fourth-order valence-electron chi connectivity index (χ4n) is 4.22. The van der Waals surface area contributed by atoms with Crippen LogP contribution >= 0.6 is 0 Å². The van der Waals surface area contributed by atoms with Crippen LogP contribution in [0.25, 0.3) is 0 Å². The van der Waals surface area contributed by atoms with Gasteiger partial charge < -0.3 is 4.90 Å². The minimum absolute atomic E-state index is 0.727. The number of likely N-dealkylation sites (N-methyl/N-ethyl adjacent to an activating group) is 1. The van der Waals surface area contributed by atoms with Crippen molar-refractivity contribution >= 4 is 0 Å². The molecule has 0 saturated carbocycles. The second-order valence-electron chi connectivity index (χ2n) is 6.58. The Hall–Kier alpha value is -0.120. The molecule has 3 nitrogen and oxygen atoms in total. The van der Waals surface area contributed by atoms with Crippen LogP contribution in [0.4, 0.5) is 0 Å². The van der Waals surface area contributed by atoms with Crippen LogP contribution in [-0.4, -0.2) is 72.1 Å². The number of rotatable bonds is 2. The Morgan fingerprint density at radius 1 is 0.882 bits per heavy atom. The molecule has 0 aromatic carbocycles. The van der Waals surface area contributed by atoms with Crippen molar-refractivity contribution in [1.82, 2.24) is 14.7 Å². The van der Waals surface area contributed by atoms with Crippen LogP contribution in [0.5, 0.6) is 0 Å². The van der Waals surface area contributed by atoms with Gasteiger partial charge in [-0.1, -0.05) is 0 Å². The lowest BCUT2D eigenvalue weighted by molar-refractivity contribution is 0.0457. The van der Waals surface area contributed by atoms with Crippen molar-refractivity contribution in [3.05, 3.63) is 0 Å². The first kappa shape index (κ1) is 11.9. The molecule has 0 N–H and O–H groups in total. The largest absolute Gasteiger partial charge is 0.303 e. The second kappa shape index (κ2) is 4.52. The summed E-state index contributed by atoms with van der Waals surface area (Å²) in [4.78, 5) is 8.08. The van der Waals surface area contributed by atoms with Gasteiger partial charge in [0.15, 0.2) is 0 Å². The zero-order chi connectivity index (χ0) is 12.0. The predicted octanol–water partition coefficient (Wildman–Crippen LogP) is 1.25. The molecule has 3 aliphatic heterocycles. The standard InChI is InChI=1S/C14H27N3/c1-11(2)16-7-6-14(10-16)17-12-4-5-13(17)9-15(3)8-12/h11-14H,4-10H2,1-3H3. The van der Waals surface area contributed by atoms with Gasteiger partial charge in [-0.3, -0.25) is 9.80 Å². The van der Waals surface area contributed by atoms with E-state index in [9.17, 15) is 0 Å². The van der Waals surface area contributed by atoms with E-state index in [1.807, 2.05) is 0 Å². The maximum Gasteiger partial charge on any atom is 0.0242 e. The van der Waals surface area contributed by atoms with E-state index >= 15 is 0 Å². The van der Waals surface area contributed by atoms with Gasteiger partial charge in [0.2, 0.25) is 0 Å². The summed E-state index contributed by atoms with van der Waals surface area (Å²) in [6, 6.07) is 3.29. The molecule has 0 aliphatic carbocycles. The highest BCUT2D eigenvalue weighted by Crippen LogP contribution is 2.34. The third-order valence-corrected chi connectivity index (χ3v) is 5.07. The van der Waals surface area contributed by atoms with E-state index in [0.29, 0.717) is 0 Å². The Morgan fingerprint density at radius 2 is 1.47 bits per heavy atom. The van der Waals surface area contributed by atoms with Gasteiger partial charge in [-0.05, 0) is 40.2 Å². The van der Waals surface area contributed by atoms with Crippen molar-refractivity contribution in [2.45, 2.75) is 57.3 Å². The molecule has 3 saturated heterocycles. The Bertz CT molecular complexity index is 265. The zero-order valence-corrected chi connectivity index (χ0v) is 11.6. The lowest BCUT2D eigenvalue weighted by Gasteiger charge is -2.43. The lowest BCUT2D eigenvalue weighted by atomic mass is 10.1. The van der Waals surface area contributed by atoms with Gasteiger partial charge in [-0.15, -0.1) is 0 Å². The summed E-state index contributed by atoms with van der Waals surface area (Å²) in [5, 5.41) is 0. The van der Waals surface area contributed by atoms with Crippen molar-refractivity contribution in [3.8, 4) is 0 Å². The molecule has 0 spiro atoms. The minimum Gasteiger partial charge on any atom is -0.303 e. The molecule has 3 heteroatoms. The average molecular weight is 237 g/mol. The van der Waals surface area contributed by atoms with Crippen LogP contribution in [-0.2, 0) is 0 Å². The summed E-state index contributed by atoms with van der Waals surface area (Å²) in [5.41, 5.74) is 0. The Balaban J connectivity index is 1.66. The van der Waals surface area contributed by atoms with Crippen LogP contribution in [0, 0.1) is 0 Å². The summed E-state index contributed by atoms with van der Waals surface area (Å²) < 4.78 is 0. The molecule has 3 atom stereocenters. The highest BCUT2D eigenvalue weighted by atomic mass is 15.4. The van der Waals surface area contributed by atoms with Crippen molar-refractivity contribution in [2.75, 3.05) is 33.2 Å². The SMILES string of the molecule is CC(C)N1CCC(N2C3CCC2CN(C)C3)C1. The van der Waals surface area contributed by atoms with E-state index in [1.54, 1.807) is 0 Å². The van der Waals surface area contributed by atoms with Crippen LogP contribution < -0.4 is 0 Å². The number of hydrogen-bond acceptors (Lipinski definition) is 3. The number of fused-ring (bicyclic) bond motifs is 2. The van der Waals surface area contributed by atoms with E-state index in [1.165, 1.54) is 45.4 Å². The minimum atomic E-state index is 0.727. The molecular weight excluding hydrogens is 210 g/mol. The van der Waals surface area contributed by atoms with Crippen molar-refractivity contribution in [3.63, 3.8) is 0 Å². The third-order valence-electron chi connectivity index (χ3n) is 5.07. The summed E-state index contributed by atoms with van der Waals surface area (Å²) in [6.07, 6.45) is 4.27. The molecule has 3 unspecified atom stereocenters. The Labute approximate surface area is 106 Å². The molecule has 98 valence electrons. The van der Waals surface area contributed by atoms with Crippen LogP contribution in [0.1, 0.15) is 33.1 Å². The number of likely N-dealkylation sites (tertiary alicyclic amines) is 2. The monoisotopic (exact) mass is 237 g/mol. The quantitative estimate of drug-likeness (QED) is 0.715. The van der Waals surface area contributed by atoms with E-state index < -0.39 is 0 Å². The molecule has 17 heavy (non-hydrogen) atoms.